The smallest absolute Gasteiger partial charge is 0.152 e. The van der Waals surface area contributed by atoms with E-state index >= 15 is 0 Å². The number of ketones is 1. The van der Waals surface area contributed by atoms with Gasteiger partial charge >= 0.3 is 0 Å². The molecule has 3 heteroatoms. The zero-order valence-corrected chi connectivity index (χ0v) is 11.3. The van der Waals surface area contributed by atoms with Crippen LogP contribution in [0.3, 0.4) is 0 Å². The predicted molar refractivity (Wildman–Crippen MR) is 73.2 cm³/mol. The molecule has 3 nitrogen and oxygen atoms in total. The maximum absolute atomic E-state index is 11.7. The van der Waals surface area contributed by atoms with E-state index in [9.17, 15) is 4.79 Å². The van der Waals surface area contributed by atoms with Gasteiger partial charge in [0.05, 0.1) is 18.8 Å². The third-order valence-corrected chi connectivity index (χ3v) is 3.01. The van der Waals surface area contributed by atoms with Crippen LogP contribution in [0.1, 0.15) is 38.7 Å². The molecule has 0 spiro atoms. The molecule has 0 fully saturated rings. The van der Waals surface area contributed by atoms with Crippen molar-refractivity contribution in [3.05, 3.63) is 35.9 Å². The summed E-state index contributed by atoms with van der Waals surface area (Å²) in [7, 11) is 0. The Morgan fingerprint density at radius 2 is 2.00 bits per heavy atom. The molecule has 18 heavy (non-hydrogen) atoms. The van der Waals surface area contributed by atoms with Crippen molar-refractivity contribution in [2.24, 2.45) is 5.73 Å². The van der Waals surface area contributed by atoms with E-state index in [4.69, 9.17) is 10.5 Å². The van der Waals surface area contributed by atoms with Gasteiger partial charge in [-0.15, -0.1) is 0 Å². The number of hydrogen-bond donors (Lipinski definition) is 1. The second kappa shape index (κ2) is 8.01. The van der Waals surface area contributed by atoms with Crippen LogP contribution >= 0.6 is 0 Å². The van der Waals surface area contributed by atoms with Gasteiger partial charge in [0.1, 0.15) is 0 Å². The average molecular weight is 249 g/mol. The summed E-state index contributed by atoms with van der Waals surface area (Å²) in [5.74, 6) is 0.0948. The van der Waals surface area contributed by atoms with Crippen LogP contribution in [0.15, 0.2) is 30.3 Å². The molecule has 0 amide bonds. The van der Waals surface area contributed by atoms with Gasteiger partial charge in [-0.1, -0.05) is 43.7 Å². The fraction of sp³-hybridized carbons (Fsp3) is 0.533. The van der Waals surface area contributed by atoms with E-state index in [1.807, 2.05) is 37.3 Å². The van der Waals surface area contributed by atoms with Gasteiger partial charge < -0.3 is 10.5 Å². The Bertz CT molecular complexity index is 351. The largest absolute Gasteiger partial charge is 0.372 e. The number of nitrogens with two attached hydrogens (primary N) is 1. The molecule has 0 aliphatic rings. The highest BCUT2D eigenvalue weighted by Gasteiger charge is 2.20. The fourth-order valence-electron chi connectivity index (χ4n) is 1.69. The van der Waals surface area contributed by atoms with Crippen LogP contribution < -0.4 is 5.73 Å². The summed E-state index contributed by atoms with van der Waals surface area (Å²) in [6.07, 6.45) is 2.22. The summed E-state index contributed by atoms with van der Waals surface area (Å²) in [6.45, 7) is 4.42. The van der Waals surface area contributed by atoms with E-state index in [0.717, 1.165) is 18.4 Å². The normalized spacial score (nSPS) is 14.2. The number of carbonyl (C=O) groups excluding carboxylic acids is 1. The van der Waals surface area contributed by atoms with Gasteiger partial charge in [-0.2, -0.15) is 0 Å². The first-order valence-corrected chi connectivity index (χ1v) is 6.59. The lowest BCUT2D eigenvalue weighted by atomic mass is 10.0. The Labute approximate surface area is 109 Å². The lowest BCUT2D eigenvalue weighted by molar-refractivity contribution is -0.123. The fourth-order valence-corrected chi connectivity index (χ4v) is 1.69. The summed E-state index contributed by atoms with van der Waals surface area (Å²) in [4.78, 5) is 11.7. The molecule has 0 saturated heterocycles. The molecule has 0 bridgehead atoms. The molecular weight excluding hydrogens is 226 g/mol. The zero-order valence-electron chi connectivity index (χ0n) is 11.3. The molecule has 2 N–H and O–H groups in total. The molecule has 1 rings (SSSR count). The molecule has 2 unspecified atom stereocenters. The third kappa shape index (κ3) is 4.98. The first kappa shape index (κ1) is 14.9. The Morgan fingerprint density at radius 3 is 2.61 bits per heavy atom. The number of carbonyl (C=O) groups is 1. The summed E-state index contributed by atoms with van der Waals surface area (Å²) in [5.41, 5.74) is 6.99. The molecule has 0 heterocycles. The van der Waals surface area contributed by atoms with Gasteiger partial charge in [0.15, 0.2) is 5.78 Å². The molecule has 100 valence electrons. The van der Waals surface area contributed by atoms with E-state index in [1.165, 1.54) is 0 Å². The van der Waals surface area contributed by atoms with Crippen LogP contribution in [-0.4, -0.2) is 17.9 Å². The van der Waals surface area contributed by atoms with E-state index in [-0.39, 0.29) is 11.9 Å². The molecule has 1 aromatic carbocycles. The highest BCUT2D eigenvalue weighted by Crippen LogP contribution is 2.08. The maximum Gasteiger partial charge on any atom is 0.152 e. The second-order valence-corrected chi connectivity index (χ2v) is 4.60. The van der Waals surface area contributed by atoms with E-state index in [0.29, 0.717) is 13.0 Å². The monoisotopic (exact) mass is 249 g/mol. The van der Waals surface area contributed by atoms with Gasteiger partial charge in [-0.05, 0) is 18.9 Å². The second-order valence-electron chi connectivity index (χ2n) is 4.60. The van der Waals surface area contributed by atoms with Crippen LogP contribution in [0.5, 0.6) is 0 Å². The molecule has 0 radical (unpaired) electrons. The molecule has 0 aliphatic carbocycles. The Balaban J connectivity index is 2.35. The standard InChI is InChI=1S/C15H23NO2/c1-3-4-10-14(17)15(16)12(2)18-11-13-8-6-5-7-9-13/h5-9,12,15H,3-4,10-11,16H2,1-2H3. The molecule has 2 atom stereocenters. The highest BCUT2D eigenvalue weighted by atomic mass is 16.5. The van der Waals surface area contributed by atoms with Crippen molar-refractivity contribution in [3.63, 3.8) is 0 Å². The first-order chi connectivity index (χ1) is 8.65. The number of hydrogen-bond acceptors (Lipinski definition) is 3. The van der Waals surface area contributed by atoms with E-state index in [1.54, 1.807) is 0 Å². The van der Waals surface area contributed by atoms with Crippen molar-refractivity contribution >= 4 is 5.78 Å². The first-order valence-electron chi connectivity index (χ1n) is 6.59. The summed E-state index contributed by atoms with van der Waals surface area (Å²) in [6, 6.07) is 9.38. The number of Topliss-reactive ketones (excluding diaryl/α,β-unsaturated/α-hetero) is 1. The number of benzene rings is 1. The maximum atomic E-state index is 11.7. The Hall–Kier alpha value is -1.19. The van der Waals surface area contributed by atoms with Crippen molar-refractivity contribution in [2.45, 2.75) is 51.9 Å². The van der Waals surface area contributed by atoms with E-state index in [2.05, 4.69) is 6.92 Å². The Kier molecular flexibility index (Phi) is 6.61. The van der Waals surface area contributed by atoms with Crippen molar-refractivity contribution in [1.29, 1.82) is 0 Å². The van der Waals surface area contributed by atoms with Crippen LogP contribution in [0.25, 0.3) is 0 Å². The summed E-state index contributed by atoms with van der Waals surface area (Å²) in [5, 5.41) is 0. The molecule has 0 aliphatic heterocycles. The number of unbranched alkanes of at least 4 members (excludes halogenated alkanes) is 1. The van der Waals surface area contributed by atoms with Crippen LogP contribution in [-0.2, 0) is 16.1 Å². The lowest BCUT2D eigenvalue weighted by Crippen LogP contribution is -2.41. The molecule has 1 aromatic rings. The van der Waals surface area contributed by atoms with Crippen LogP contribution in [0, 0.1) is 0 Å². The highest BCUT2D eigenvalue weighted by molar-refractivity contribution is 5.84. The third-order valence-electron chi connectivity index (χ3n) is 3.01. The predicted octanol–water partition coefficient (Wildman–Crippen LogP) is 2.68. The quantitative estimate of drug-likeness (QED) is 0.770. The van der Waals surface area contributed by atoms with Crippen molar-refractivity contribution in [2.75, 3.05) is 0 Å². The number of rotatable bonds is 8. The summed E-state index contributed by atoms with van der Waals surface area (Å²) >= 11 is 0. The van der Waals surface area contributed by atoms with Crippen molar-refractivity contribution in [1.82, 2.24) is 0 Å². The minimum atomic E-state index is -0.514. The van der Waals surface area contributed by atoms with Gasteiger partial charge in [0, 0.05) is 6.42 Å². The van der Waals surface area contributed by atoms with Gasteiger partial charge in [0.2, 0.25) is 0 Å². The van der Waals surface area contributed by atoms with E-state index < -0.39 is 6.04 Å². The molecule has 0 aromatic heterocycles. The minimum absolute atomic E-state index is 0.0948. The van der Waals surface area contributed by atoms with Crippen molar-refractivity contribution < 1.29 is 9.53 Å². The SMILES string of the molecule is CCCCC(=O)C(N)C(C)OCc1ccccc1. The zero-order chi connectivity index (χ0) is 13.4. The van der Waals surface area contributed by atoms with Crippen LogP contribution in [0.4, 0.5) is 0 Å². The molecule has 0 saturated carbocycles. The lowest BCUT2D eigenvalue weighted by Gasteiger charge is -2.19. The molecular formula is C15H23NO2. The average Bonchev–Trinajstić information content (AvgIpc) is 2.42. The minimum Gasteiger partial charge on any atom is -0.372 e. The van der Waals surface area contributed by atoms with Gasteiger partial charge in [-0.3, -0.25) is 4.79 Å². The summed E-state index contributed by atoms with van der Waals surface area (Å²) < 4.78 is 5.65. The number of ether oxygens (including phenoxy) is 1. The van der Waals surface area contributed by atoms with Gasteiger partial charge in [0.25, 0.3) is 0 Å². The Morgan fingerprint density at radius 1 is 1.33 bits per heavy atom. The topological polar surface area (TPSA) is 52.3 Å². The van der Waals surface area contributed by atoms with Crippen molar-refractivity contribution in [3.8, 4) is 0 Å². The van der Waals surface area contributed by atoms with Crippen LogP contribution in [0.2, 0.25) is 0 Å². The van der Waals surface area contributed by atoms with Gasteiger partial charge in [-0.25, -0.2) is 0 Å².